The molecule has 1 aliphatic rings. The average Bonchev–Trinajstić information content (AvgIpc) is 3.42. The molecule has 10 heteroatoms. The molecule has 1 atom stereocenters. The van der Waals surface area contributed by atoms with Crippen molar-refractivity contribution >= 4 is 18.0 Å². The molecular weight excluding hydrogens is 377 g/mol. The van der Waals surface area contributed by atoms with Gasteiger partial charge in [-0.2, -0.15) is 0 Å². The summed E-state index contributed by atoms with van der Waals surface area (Å²) in [5, 5.41) is 9.21. The molecule has 0 aromatic heterocycles. The molecule has 0 aliphatic heterocycles. The van der Waals surface area contributed by atoms with Crippen molar-refractivity contribution in [3.8, 4) is 0 Å². The molecule has 2 rings (SSSR count). The predicted octanol–water partition coefficient (Wildman–Crippen LogP) is 2.59. The second kappa shape index (κ2) is 8.12. The number of ketones is 1. The highest BCUT2D eigenvalue weighted by molar-refractivity contribution is 6.18. The number of hydrogen-bond acceptors (Lipinski definition) is 5. The van der Waals surface area contributed by atoms with E-state index in [0.717, 1.165) is 6.21 Å². The topological polar surface area (TPSA) is 76.0 Å². The van der Waals surface area contributed by atoms with Gasteiger partial charge < -0.3 is 9.84 Å². The number of aliphatic hydroxyl groups is 1. The number of benzene rings is 1. The summed E-state index contributed by atoms with van der Waals surface area (Å²) < 4.78 is 72.2. The lowest BCUT2D eigenvalue weighted by Gasteiger charge is -2.13. The lowest BCUT2D eigenvalue weighted by molar-refractivity contribution is -0.144. The van der Waals surface area contributed by atoms with E-state index in [2.05, 4.69) is 9.73 Å². The highest BCUT2D eigenvalue weighted by Crippen LogP contribution is 2.45. The van der Waals surface area contributed by atoms with Crippen LogP contribution in [0.25, 0.3) is 0 Å². The minimum Gasteiger partial charge on any atom is -0.465 e. The van der Waals surface area contributed by atoms with Crippen LogP contribution in [0.1, 0.15) is 30.1 Å². The molecule has 1 saturated carbocycles. The van der Waals surface area contributed by atoms with Gasteiger partial charge in [0.2, 0.25) is 5.82 Å². The van der Waals surface area contributed by atoms with Crippen LogP contribution in [-0.4, -0.2) is 42.8 Å². The zero-order valence-electron chi connectivity index (χ0n) is 14.2. The van der Waals surface area contributed by atoms with Gasteiger partial charge in [-0.05, 0) is 19.8 Å². The molecule has 1 aromatic rings. The van der Waals surface area contributed by atoms with E-state index in [-0.39, 0.29) is 19.8 Å². The molecule has 0 radical (unpaired) electrons. The standard InChI is InChI=1S/C17H16F5NO4/c1-2-27-16(26)8(5-23-6-17(7-24)3-4-17)15(25)9-10(18)12(20)14(22)13(21)11(9)19/h5,8,24H,2-4,6-7H2,1H3. The number of carbonyl (C=O) groups is 2. The van der Waals surface area contributed by atoms with Gasteiger partial charge in [0.1, 0.15) is 0 Å². The minimum atomic E-state index is -2.42. The van der Waals surface area contributed by atoms with Crippen LogP contribution in [0, 0.1) is 40.4 Å². The van der Waals surface area contributed by atoms with Crippen molar-refractivity contribution in [2.24, 2.45) is 16.3 Å². The SMILES string of the molecule is CCOC(=O)C(C=NCC1(CO)CC1)C(=O)c1c(F)c(F)c(F)c(F)c1F. The number of nitrogens with zero attached hydrogens (tertiary/aromatic N) is 1. The van der Waals surface area contributed by atoms with E-state index in [1.165, 1.54) is 6.92 Å². The number of Topliss-reactive ketones (excluding diaryl/α,β-unsaturated/α-hetero) is 1. The molecule has 1 fully saturated rings. The number of ether oxygens (including phenoxy) is 1. The highest BCUT2D eigenvalue weighted by Gasteiger charge is 2.42. The number of aliphatic hydroxyl groups excluding tert-OH is 1. The molecule has 1 unspecified atom stereocenters. The van der Waals surface area contributed by atoms with E-state index in [9.17, 15) is 36.6 Å². The Bertz CT molecular complexity index is 763. The molecule has 0 spiro atoms. The highest BCUT2D eigenvalue weighted by atomic mass is 19.2. The Balaban J connectivity index is 2.40. The summed E-state index contributed by atoms with van der Waals surface area (Å²) in [5.74, 6) is -16.6. The third-order valence-corrected chi connectivity index (χ3v) is 4.25. The summed E-state index contributed by atoms with van der Waals surface area (Å²) in [6.07, 6.45) is 2.07. The Labute approximate surface area is 150 Å². The third-order valence-electron chi connectivity index (χ3n) is 4.25. The van der Waals surface area contributed by atoms with Crippen LogP contribution in [-0.2, 0) is 9.53 Å². The molecule has 0 saturated heterocycles. The lowest BCUT2D eigenvalue weighted by atomic mass is 9.97. The van der Waals surface area contributed by atoms with Crippen molar-refractivity contribution in [3.63, 3.8) is 0 Å². The van der Waals surface area contributed by atoms with Crippen LogP contribution in [0.5, 0.6) is 0 Å². The second-order valence-electron chi connectivity index (χ2n) is 6.19. The molecular formula is C17H16F5NO4. The van der Waals surface area contributed by atoms with Crippen molar-refractivity contribution in [1.82, 2.24) is 0 Å². The predicted molar refractivity (Wildman–Crippen MR) is 82.8 cm³/mol. The number of rotatable bonds is 8. The van der Waals surface area contributed by atoms with Crippen LogP contribution in [0.3, 0.4) is 0 Å². The van der Waals surface area contributed by atoms with Gasteiger partial charge in [-0.25, -0.2) is 22.0 Å². The molecule has 148 valence electrons. The summed E-state index contributed by atoms with van der Waals surface area (Å²) in [6.45, 7) is 1.07. The fraction of sp³-hybridized carbons (Fsp3) is 0.471. The molecule has 1 N–H and O–H groups in total. The summed E-state index contributed by atoms with van der Waals surface area (Å²) in [4.78, 5) is 28.2. The van der Waals surface area contributed by atoms with E-state index in [4.69, 9.17) is 0 Å². The van der Waals surface area contributed by atoms with E-state index < -0.39 is 57.7 Å². The maximum Gasteiger partial charge on any atom is 0.322 e. The molecule has 0 amide bonds. The van der Waals surface area contributed by atoms with Crippen LogP contribution < -0.4 is 0 Å². The largest absolute Gasteiger partial charge is 0.465 e. The van der Waals surface area contributed by atoms with Crippen LogP contribution in [0.15, 0.2) is 4.99 Å². The van der Waals surface area contributed by atoms with Gasteiger partial charge in [0.15, 0.2) is 35.0 Å². The fourth-order valence-corrected chi connectivity index (χ4v) is 2.34. The Morgan fingerprint density at radius 2 is 1.63 bits per heavy atom. The van der Waals surface area contributed by atoms with E-state index in [0.29, 0.717) is 12.8 Å². The van der Waals surface area contributed by atoms with Crippen LogP contribution in [0.2, 0.25) is 0 Å². The molecule has 1 aliphatic carbocycles. The summed E-state index contributed by atoms with van der Waals surface area (Å²) in [7, 11) is 0. The van der Waals surface area contributed by atoms with Crippen LogP contribution >= 0.6 is 0 Å². The Morgan fingerprint density at radius 3 is 2.07 bits per heavy atom. The van der Waals surface area contributed by atoms with Gasteiger partial charge in [-0.15, -0.1) is 0 Å². The van der Waals surface area contributed by atoms with E-state index in [1.54, 1.807) is 0 Å². The molecule has 1 aromatic carbocycles. The lowest BCUT2D eigenvalue weighted by Crippen LogP contribution is -2.30. The maximum absolute atomic E-state index is 13.9. The van der Waals surface area contributed by atoms with Crippen molar-refractivity contribution in [1.29, 1.82) is 0 Å². The Morgan fingerprint density at radius 1 is 1.11 bits per heavy atom. The smallest absolute Gasteiger partial charge is 0.322 e. The zero-order chi connectivity index (χ0) is 20.4. The van der Waals surface area contributed by atoms with Crippen molar-refractivity contribution in [2.75, 3.05) is 19.8 Å². The monoisotopic (exact) mass is 393 g/mol. The summed E-state index contributed by atoms with van der Waals surface area (Å²) in [6, 6.07) is 0. The molecule has 0 bridgehead atoms. The van der Waals surface area contributed by atoms with Crippen molar-refractivity contribution in [3.05, 3.63) is 34.6 Å². The fourth-order valence-electron chi connectivity index (χ4n) is 2.34. The number of hydrogen-bond donors (Lipinski definition) is 1. The number of aliphatic imine (C=N–C) groups is 1. The zero-order valence-corrected chi connectivity index (χ0v) is 14.2. The average molecular weight is 393 g/mol. The first-order valence-corrected chi connectivity index (χ1v) is 8.02. The van der Waals surface area contributed by atoms with Gasteiger partial charge in [-0.1, -0.05) is 0 Å². The first-order chi connectivity index (χ1) is 12.7. The molecule has 27 heavy (non-hydrogen) atoms. The van der Waals surface area contributed by atoms with Gasteiger partial charge in [0.25, 0.3) is 0 Å². The molecule has 0 heterocycles. The second-order valence-corrected chi connectivity index (χ2v) is 6.19. The van der Waals surface area contributed by atoms with Crippen molar-refractivity contribution in [2.45, 2.75) is 19.8 Å². The maximum atomic E-state index is 13.9. The third kappa shape index (κ3) is 4.15. The van der Waals surface area contributed by atoms with Gasteiger partial charge in [0, 0.05) is 18.2 Å². The number of carbonyl (C=O) groups excluding carboxylic acids is 2. The Kier molecular flexibility index (Phi) is 6.30. The number of esters is 1. The number of halogens is 5. The minimum absolute atomic E-state index is 0.0315. The van der Waals surface area contributed by atoms with E-state index in [1.807, 2.05) is 0 Å². The first kappa shape index (κ1) is 20.9. The summed E-state index contributed by atoms with van der Waals surface area (Å²) >= 11 is 0. The summed E-state index contributed by atoms with van der Waals surface area (Å²) in [5.41, 5.74) is -2.22. The van der Waals surface area contributed by atoms with Crippen LogP contribution in [0.4, 0.5) is 22.0 Å². The normalized spacial score (nSPS) is 16.4. The first-order valence-electron chi connectivity index (χ1n) is 8.02. The van der Waals surface area contributed by atoms with E-state index >= 15 is 0 Å². The van der Waals surface area contributed by atoms with Gasteiger partial charge >= 0.3 is 5.97 Å². The Hall–Kier alpha value is -2.36. The van der Waals surface area contributed by atoms with Gasteiger partial charge in [-0.3, -0.25) is 14.6 Å². The van der Waals surface area contributed by atoms with Gasteiger partial charge in [0.05, 0.1) is 18.8 Å². The quantitative estimate of drug-likeness (QED) is 0.140. The molecule has 5 nitrogen and oxygen atoms in total. The van der Waals surface area contributed by atoms with Crippen molar-refractivity contribution < 1.29 is 41.4 Å².